The zero-order valence-corrected chi connectivity index (χ0v) is 10.3. The Morgan fingerprint density at radius 1 is 1.69 bits per heavy atom. The number of nitrogens with two attached hydrogens (primary N) is 1. The molecule has 4 heteroatoms. The van der Waals surface area contributed by atoms with Gasteiger partial charge in [0.05, 0.1) is 6.04 Å². The van der Waals surface area contributed by atoms with E-state index < -0.39 is 0 Å². The molecular formula is C12H18N2OS. The summed E-state index contributed by atoms with van der Waals surface area (Å²) >= 11 is 1.66. The standard InChI is InChI=1S/C12H18N2OS/c1-8(11-3-2-6-16-11)14-12(15)7-10(13)9-4-5-9/h2-3,6,8-10H,4-5,7,13H2,1H3,(H,14,15)/t8-,10?/m0/s1. The van der Waals surface area contributed by atoms with E-state index in [0.717, 1.165) is 0 Å². The van der Waals surface area contributed by atoms with Crippen molar-refractivity contribution >= 4 is 17.2 Å². The maximum atomic E-state index is 11.7. The van der Waals surface area contributed by atoms with Crippen molar-refractivity contribution in [2.75, 3.05) is 0 Å². The van der Waals surface area contributed by atoms with Crippen molar-refractivity contribution in [3.05, 3.63) is 22.4 Å². The number of carbonyl (C=O) groups is 1. The van der Waals surface area contributed by atoms with Gasteiger partial charge in [-0.05, 0) is 37.1 Å². The molecule has 2 rings (SSSR count). The Bertz CT molecular complexity index is 346. The van der Waals surface area contributed by atoms with Gasteiger partial charge in [0.1, 0.15) is 0 Å². The van der Waals surface area contributed by atoms with Crippen molar-refractivity contribution in [2.24, 2.45) is 11.7 Å². The van der Waals surface area contributed by atoms with Crippen LogP contribution in [0, 0.1) is 5.92 Å². The number of thiophene rings is 1. The highest BCUT2D eigenvalue weighted by atomic mass is 32.1. The molecular weight excluding hydrogens is 220 g/mol. The first-order valence-electron chi connectivity index (χ1n) is 5.75. The van der Waals surface area contributed by atoms with Gasteiger partial charge in [-0.1, -0.05) is 6.07 Å². The molecule has 0 spiro atoms. The molecule has 1 aliphatic carbocycles. The minimum absolute atomic E-state index is 0.0514. The van der Waals surface area contributed by atoms with Gasteiger partial charge in [0, 0.05) is 17.3 Å². The van der Waals surface area contributed by atoms with Crippen molar-refractivity contribution in [2.45, 2.75) is 38.3 Å². The van der Waals surface area contributed by atoms with Gasteiger partial charge in [0.2, 0.25) is 5.91 Å². The molecule has 1 saturated carbocycles. The third-order valence-electron chi connectivity index (χ3n) is 3.00. The van der Waals surface area contributed by atoms with Gasteiger partial charge in [-0.2, -0.15) is 0 Å². The topological polar surface area (TPSA) is 55.1 Å². The molecule has 0 aliphatic heterocycles. The van der Waals surface area contributed by atoms with E-state index in [1.54, 1.807) is 11.3 Å². The largest absolute Gasteiger partial charge is 0.349 e. The van der Waals surface area contributed by atoms with Gasteiger partial charge < -0.3 is 11.1 Å². The second-order valence-corrected chi connectivity index (χ2v) is 5.49. The molecule has 1 amide bonds. The summed E-state index contributed by atoms with van der Waals surface area (Å²) in [6.45, 7) is 2.01. The lowest BCUT2D eigenvalue weighted by Crippen LogP contribution is -2.34. The van der Waals surface area contributed by atoms with Crippen molar-refractivity contribution in [1.82, 2.24) is 5.32 Å². The molecule has 1 unspecified atom stereocenters. The SMILES string of the molecule is C[C@H](NC(=O)CC(N)C1CC1)c1cccs1. The normalized spacial score (nSPS) is 19.1. The summed E-state index contributed by atoms with van der Waals surface area (Å²) in [6.07, 6.45) is 2.84. The zero-order valence-electron chi connectivity index (χ0n) is 9.48. The van der Waals surface area contributed by atoms with Crippen molar-refractivity contribution in [3.8, 4) is 0 Å². The summed E-state index contributed by atoms with van der Waals surface area (Å²) < 4.78 is 0. The average Bonchev–Trinajstić information content (AvgIpc) is 2.93. The van der Waals surface area contributed by atoms with Crippen LogP contribution < -0.4 is 11.1 Å². The number of hydrogen-bond acceptors (Lipinski definition) is 3. The first-order valence-corrected chi connectivity index (χ1v) is 6.63. The van der Waals surface area contributed by atoms with Crippen LogP contribution in [-0.2, 0) is 4.79 Å². The Morgan fingerprint density at radius 3 is 3.00 bits per heavy atom. The van der Waals surface area contributed by atoms with Gasteiger partial charge in [-0.25, -0.2) is 0 Å². The lowest BCUT2D eigenvalue weighted by molar-refractivity contribution is -0.122. The van der Waals surface area contributed by atoms with Gasteiger partial charge in [0.25, 0.3) is 0 Å². The lowest BCUT2D eigenvalue weighted by Gasteiger charge is -2.14. The number of rotatable bonds is 5. The van der Waals surface area contributed by atoms with Crippen LogP contribution in [0.2, 0.25) is 0 Å². The Hall–Kier alpha value is -0.870. The molecule has 1 heterocycles. The fourth-order valence-electron chi connectivity index (χ4n) is 1.81. The second-order valence-electron chi connectivity index (χ2n) is 4.51. The third kappa shape index (κ3) is 3.06. The lowest BCUT2D eigenvalue weighted by atomic mass is 10.1. The van der Waals surface area contributed by atoms with E-state index in [4.69, 9.17) is 5.73 Å². The van der Waals surface area contributed by atoms with Crippen LogP contribution in [-0.4, -0.2) is 11.9 Å². The molecule has 2 atom stereocenters. The second kappa shape index (κ2) is 4.97. The number of nitrogens with one attached hydrogen (secondary N) is 1. The minimum atomic E-state index is 0.0514. The Morgan fingerprint density at radius 2 is 2.44 bits per heavy atom. The zero-order chi connectivity index (χ0) is 11.5. The quantitative estimate of drug-likeness (QED) is 0.825. The smallest absolute Gasteiger partial charge is 0.222 e. The molecule has 0 saturated heterocycles. The maximum Gasteiger partial charge on any atom is 0.222 e. The highest BCUT2D eigenvalue weighted by Gasteiger charge is 2.30. The van der Waals surface area contributed by atoms with Gasteiger partial charge in [0.15, 0.2) is 0 Å². The van der Waals surface area contributed by atoms with Gasteiger partial charge in [-0.3, -0.25) is 4.79 Å². The van der Waals surface area contributed by atoms with E-state index in [2.05, 4.69) is 5.32 Å². The predicted octanol–water partition coefficient (Wildman–Crippen LogP) is 2.05. The van der Waals surface area contributed by atoms with Crippen LogP contribution in [0.3, 0.4) is 0 Å². The van der Waals surface area contributed by atoms with Crippen molar-refractivity contribution < 1.29 is 4.79 Å². The van der Waals surface area contributed by atoms with Crippen molar-refractivity contribution in [1.29, 1.82) is 0 Å². The molecule has 3 N–H and O–H groups in total. The van der Waals surface area contributed by atoms with Crippen LogP contribution >= 0.6 is 11.3 Å². The summed E-state index contributed by atoms with van der Waals surface area (Å²) in [6, 6.07) is 4.18. The minimum Gasteiger partial charge on any atom is -0.349 e. The first kappa shape index (κ1) is 11.6. The highest BCUT2D eigenvalue weighted by Crippen LogP contribution is 2.32. The van der Waals surface area contributed by atoms with Crippen LogP contribution in [0.5, 0.6) is 0 Å². The van der Waals surface area contributed by atoms with Crippen LogP contribution in [0.1, 0.15) is 37.1 Å². The summed E-state index contributed by atoms with van der Waals surface area (Å²) in [5.41, 5.74) is 5.92. The molecule has 1 aromatic rings. The average molecular weight is 238 g/mol. The summed E-state index contributed by atoms with van der Waals surface area (Å²) in [5.74, 6) is 0.656. The monoisotopic (exact) mass is 238 g/mol. The van der Waals surface area contributed by atoms with Gasteiger partial charge >= 0.3 is 0 Å². The van der Waals surface area contributed by atoms with Gasteiger partial charge in [-0.15, -0.1) is 11.3 Å². The maximum absolute atomic E-state index is 11.7. The third-order valence-corrected chi connectivity index (χ3v) is 4.05. The molecule has 88 valence electrons. The number of carbonyl (C=O) groups excluding carboxylic acids is 1. The van der Waals surface area contributed by atoms with E-state index in [9.17, 15) is 4.79 Å². The summed E-state index contributed by atoms with van der Waals surface area (Å²) in [5, 5.41) is 5.01. The molecule has 16 heavy (non-hydrogen) atoms. The Kier molecular flexibility index (Phi) is 3.61. The van der Waals surface area contributed by atoms with Crippen LogP contribution in [0.15, 0.2) is 17.5 Å². The number of hydrogen-bond donors (Lipinski definition) is 2. The molecule has 1 aromatic heterocycles. The molecule has 0 radical (unpaired) electrons. The predicted molar refractivity (Wildman–Crippen MR) is 66.2 cm³/mol. The molecule has 3 nitrogen and oxygen atoms in total. The van der Waals surface area contributed by atoms with E-state index in [1.165, 1.54) is 17.7 Å². The fraction of sp³-hybridized carbons (Fsp3) is 0.583. The fourth-order valence-corrected chi connectivity index (χ4v) is 2.55. The Labute approximate surface area is 100 Å². The molecule has 1 fully saturated rings. The van der Waals surface area contributed by atoms with Crippen molar-refractivity contribution in [3.63, 3.8) is 0 Å². The summed E-state index contributed by atoms with van der Waals surface area (Å²) in [7, 11) is 0. The van der Waals surface area contributed by atoms with E-state index in [1.807, 2.05) is 24.4 Å². The highest BCUT2D eigenvalue weighted by molar-refractivity contribution is 7.10. The van der Waals surface area contributed by atoms with E-state index in [0.29, 0.717) is 12.3 Å². The summed E-state index contributed by atoms with van der Waals surface area (Å²) in [4.78, 5) is 12.9. The van der Waals surface area contributed by atoms with E-state index >= 15 is 0 Å². The van der Waals surface area contributed by atoms with E-state index in [-0.39, 0.29) is 18.0 Å². The molecule has 0 bridgehead atoms. The first-order chi connectivity index (χ1) is 7.66. The molecule has 1 aliphatic rings. The number of amides is 1. The van der Waals surface area contributed by atoms with Crippen LogP contribution in [0.4, 0.5) is 0 Å². The Balaban J connectivity index is 1.78. The van der Waals surface area contributed by atoms with Crippen LogP contribution in [0.25, 0.3) is 0 Å². The molecule has 0 aromatic carbocycles.